The number of unbranched alkanes of at least 4 members (excludes halogenated alkanes) is 1. The molecule has 22 heavy (non-hydrogen) atoms. The molecule has 0 radical (unpaired) electrons. The minimum atomic E-state index is -0.649. The Balaban J connectivity index is 2.55. The van der Waals surface area contributed by atoms with Crippen molar-refractivity contribution in [3.05, 3.63) is 35.9 Å². The van der Waals surface area contributed by atoms with Crippen molar-refractivity contribution in [2.45, 2.75) is 51.1 Å². The number of carbonyl (C=O) groups excluding carboxylic acids is 2. The van der Waals surface area contributed by atoms with Crippen LogP contribution >= 0.6 is 0 Å². The fourth-order valence-electron chi connectivity index (χ4n) is 2.29. The highest BCUT2D eigenvalue weighted by atomic mass is 16.2. The monoisotopic (exact) mass is 305 g/mol. The highest BCUT2D eigenvalue weighted by molar-refractivity contribution is 5.90. The van der Waals surface area contributed by atoms with Crippen molar-refractivity contribution in [1.29, 1.82) is 0 Å². The fourth-order valence-corrected chi connectivity index (χ4v) is 2.29. The van der Waals surface area contributed by atoms with E-state index in [2.05, 4.69) is 5.32 Å². The van der Waals surface area contributed by atoms with Gasteiger partial charge < -0.3 is 16.8 Å². The molecule has 1 amide bonds. The van der Waals surface area contributed by atoms with Gasteiger partial charge in [-0.15, -0.1) is 0 Å². The summed E-state index contributed by atoms with van der Waals surface area (Å²) in [6.45, 7) is 2.39. The highest BCUT2D eigenvalue weighted by Gasteiger charge is 2.22. The Kier molecular flexibility index (Phi) is 8.40. The van der Waals surface area contributed by atoms with Crippen molar-refractivity contribution in [3.8, 4) is 0 Å². The Morgan fingerprint density at radius 1 is 1.18 bits per heavy atom. The summed E-state index contributed by atoms with van der Waals surface area (Å²) in [5, 5.41) is 2.79. The normalized spacial score (nSPS) is 13.4. The predicted octanol–water partition coefficient (Wildman–Crippen LogP) is 1.15. The van der Waals surface area contributed by atoms with Crippen molar-refractivity contribution < 1.29 is 9.59 Å². The van der Waals surface area contributed by atoms with Crippen LogP contribution in [0.15, 0.2) is 30.3 Å². The van der Waals surface area contributed by atoms with Crippen LogP contribution in [0.3, 0.4) is 0 Å². The van der Waals surface area contributed by atoms with Gasteiger partial charge >= 0.3 is 0 Å². The zero-order valence-electron chi connectivity index (χ0n) is 13.3. The summed E-state index contributed by atoms with van der Waals surface area (Å²) >= 11 is 0. The van der Waals surface area contributed by atoms with Crippen molar-refractivity contribution in [2.24, 2.45) is 11.5 Å². The molecule has 0 spiro atoms. The number of nitrogens with one attached hydrogen (secondary N) is 1. The predicted molar refractivity (Wildman–Crippen MR) is 88.3 cm³/mol. The third kappa shape index (κ3) is 6.37. The van der Waals surface area contributed by atoms with Gasteiger partial charge in [0.15, 0.2) is 5.78 Å². The summed E-state index contributed by atoms with van der Waals surface area (Å²) in [4.78, 5) is 24.1. The molecule has 0 aliphatic heterocycles. The van der Waals surface area contributed by atoms with Crippen molar-refractivity contribution >= 4 is 11.7 Å². The van der Waals surface area contributed by atoms with E-state index in [4.69, 9.17) is 11.5 Å². The first-order valence-corrected chi connectivity index (χ1v) is 7.91. The summed E-state index contributed by atoms with van der Waals surface area (Å²) in [6, 6.07) is 8.51. The largest absolute Gasteiger partial charge is 0.345 e. The van der Waals surface area contributed by atoms with Gasteiger partial charge in [0, 0.05) is 6.42 Å². The summed E-state index contributed by atoms with van der Waals surface area (Å²) in [6.07, 6.45) is 3.15. The van der Waals surface area contributed by atoms with Crippen molar-refractivity contribution in [2.75, 3.05) is 6.54 Å². The molecule has 0 bridgehead atoms. The molecule has 1 aromatic rings. The van der Waals surface area contributed by atoms with E-state index in [0.717, 1.165) is 18.4 Å². The van der Waals surface area contributed by atoms with Crippen LogP contribution in [0.2, 0.25) is 0 Å². The average Bonchev–Trinajstić information content (AvgIpc) is 2.54. The smallest absolute Gasteiger partial charge is 0.237 e. The van der Waals surface area contributed by atoms with Crippen LogP contribution in [0.1, 0.15) is 38.2 Å². The quantitative estimate of drug-likeness (QED) is 0.565. The van der Waals surface area contributed by atoms with Gasteiger partial charge in [-0.3, -0.25) is 9.59 Å². The SMILES string of the molecule is CCC(=O)C(CCCCN)NC(=O)C(N)Cc1ccccc1. The number of amides is 1. The van der Waals surface area contributed by atoms with Gasteiger partial charge in [-0.1, -0.05) is 37.3 Å². The first-order valence-electron chi connectivity index (χ1n) is 7.91. The number of hydrogen-bond acceptors (Lipinski definition) is 4. The summed E-state index contributed by atoms with van der Waals surface area (Å²) < 4.78 is 0. The van der Waals surface area contributed by atoms with Gasteiger partial charge in [-0.25, -0.2) is 0 Å². The van der Waals surface area contributed by atoms with E-state index >= 15 is 0 Å². The number of ketones is 1. The number of hydrogen-bond donors (Lipinski definition) is 3. The molecule has 0 saturated carbocycles. The van der Waals surface area contributed by atoms with Crippen LogP contribution in [0.5, 0.6) is 0 Å². The molecule has 2 atom stereocenters. The van der Waals surface area contributed by atoms with Gasteiger partial charge in [0.25, 0.3) is 0 Å². The van der Waals surface area contributed by atoms with Gasteiger partial charge in [-0.2, -0.15) is 0 Å². The van der Waals surface area contributed by atoms with E-state index in [1.165, 1.54) is 0 Å². The minimum absolute atomic E-state index is 0.0392. The average molecular weight is 305 g/mol. The third-order valence-corrected chi connectivity index (χ3v) is 3.64. The van der Waals surface area contributed by atoms with E-state index in [1.807, 2.05) is 30.3 Å². The van der Waals surface area contributed by atoms with Crippen LogP contribution in [-0.4, -0.2) is 30.3 Å². The Morgan fingerprint density at radius 2 is 1.86 bits per heavy atom. The first-order chi connectivity index (χ1) is 10.6. The highest BCUT2D eigenvalue weighted by Crippen LogP contribution is 2.06. The van der Waals surface area contributed by atoms with Gasteiger partial charge in [0.2, 0.25) is 5.91 Å². The molecule has 0 aromatic heterocycles. The third-order valence-electron chi connectivity index (χ3n) is 3.64. The lowest BCUT2D eigenvalue weighted by atomic mass is 10.0. The number of nitrogens with two attached hydrogens (primary N) is 2. The lowest BCUT2D eigenvalue weighted by molar-refractivity contribution is -0.128. The van der Waals surface area contributed by atoms with Crippen LogP contribution in [0.25, 0.3) is 0 Å². The molecule has 0 aliphatic carbocycles. The van der Waals surface area contributed by atoms with E-state index < -0.39 is 12.1 Å². The summed E-state index contributed by atoms with van der Waals surface area (Å²) in [5.41, 5.74) is 12.4. The summed E-state index contributed by atoms with van der Waals surface area (Å²) in [7, 11) is 0. The molecule has 5 heteroatoms. The van der Waals surface area contributed by atoms with E-state index in [1.54, 1.807) is 6.92 Å². The van der Waals surface area contributed by atoms with Crippen LogP contribution in [-0.2, 0) is 16.0 Å². The molecular formula is C17H27N3O2. The van der Waals surface area contributed by atoms with Crippen molar-refractivity contribution in [1.82, 2.24) is 5.32 Å². The molecule has 0 aliphatic rings. The molecule has 5 N–H and O–H groups in total. The second kappa shape index (κ2) is 10.1. The first kappa shape index (κ1) is 18.3. The molecule has 0 fully saturated rings. The Hall–Kier alpha value is -1.72. The second-order valence-corrected chi connectivity index (χ2v) is 5.46. The topological polar surface area (TPSA) is 98.2 Å². The lowest BCUT2D eigenvalue weighted by Gasteiger charge is -2.20. The number of carbonyl (C=O) groups is 2. The Bertz CT molecular complexity index is 462. The van der Waals surface area contributed by atoms with Crippen molar-refractivity contribution in [3.63, 3.8) is 0 Å². The fraction of sp³-hybridized carbons (Fsp3) is 0.529. The lowest BCUT2D eigenvalue weighted by Crippen LogP contribution is -2.49. The van der Waals surface area contributed by atoms with E-state index in [0.29, 0.717) is 25.8 Å². The Labute approximate surface area is 132 Å². The summed E-state index contributed by atoms with van der Waals surface area (Å²) in [5.74, 6) is -0.235. The maximum absolute atomic E-state index is 12.2. The maximum atomic E-state index is 12.2. The minimum Gasteiger partial charge on any atom is -0.345 e. The second-order valence-electron chi connectivity index (χ2n) is 5.46. The maximum Gasteiger partial charge on any atom is 0.237 e. The number of benzene rings is 1. The molecule has 1 aromatic carbocycles. The van der Waals surface area contributed by atoms with E-state index in [-0.39, 0.29) is 11.7 Å². The molecule has 2 unspecified atom stereocenters. The molecule has 5 nitrogen and oxygen atoms in total. The number of Topliss-reactive ketones (excluding diaryl/α,β-unsaturated/α-hetero) is 1. The molecule has 122 valence electrons. The standard InChI is InChI=1S/C17H27N3O2/c1-2-16(21)15(10-6-7-11-18)20-17(22)14(19)12-13-8-4-3-5-9-13/h3-5,8-9,14-15H,2,6-7,10-12,18-19H2,1H3,(H,20,22). The molecular weight excluding hydrogens is 278 g/mol. The van der Waals surface area contributed by atoms with Crippen LogP contribution < -0.4 is 16.8 Å². The number of rotatable bonds is 10. The zero-order valence-corrected chi connectivity index (χ0v) is 13.3. The Morgan fingerprint density at radius 3 is 2.45 bits per heavy atom. The van der Waals surface area contributed by atoms with Gasteiger partial charge in [0.1, 0.15) is 0 Å². The molecule has 1 rings (SSSR count). The van der Waals surface area contributed by atoms with E-state index in [9.17, 15) is 9.59 Å². The zero-order chi connectivity index (χ0) is 16.4. The van der Waals surface area contributed by atoms with Gasteiger partial charge in [-0.05, 0) is 37.8 Å². The van der Waals surface area contributed by atoms with Crippen LogP contribution in [0.4, 0.5) is 0 Å². The molecule has 0 saturated heterocycles. The molecule has 0 heterocycles. The van der Waals surface area contributed by atoms with Gasteiger partial charge in [0.05, 0.1) is 12.1 Å². The van der Waals surface area contributed by atoms with Crippen LogP contribution in [0, 0.1) is 0 Å².